The van der Waals surface area contributed by atoms with Crippen LogP contribution in [0.15, 0.2) is 65.0 Å². The van der Waals surface area contributed by atoms with E-state index in [1.165, 1.54) is 26.5 Å². The van der Waals surface area contributed by atoms with Gasteiger partial charge in [-0.25, -0.2) is 14.6 Å². The first kappa shape index (κ1) is 22.0. The molecule has 1 saturated heterocycles. The molecule has 3 atom stereocenters. The van der Waals surface area contributed by atoms with Crippen molar-refractivity contribution in [1.29, 1.82) is 0 Å². The number of para-hydroxylation sites is 1. The number of carbonyl (C=O) groups is 3. The lowest BCUT2D eigenvalue weighted by molar-refractivity contribution is -0.177. The van der Waals surface area contributed by atoms with Crippen LogP contribution < -0.4 is 0 Å². The highest BCUT2D eigenvalue weighted by atomic mass is 33.1. The molecule has 0 spiro atoms. The summed E-state index contributed by atoms with van der Waals surface area (Å²) in [4.78, 5) is 43.7. The first-order chi connectivity index (χ1) is 15.9. The van der Waals surface area contributed by atoms with Gasteiger partial charge in [0.25, 0.3) is 6.29 Å². The number of nitrogens with zero attached hydrogens (tertiary/aromatic N) is 2. The minimum Gasteiger partial charge on any atom is -0.419 e. The van der Waals surface area contributed by atoms with Gasteiger partial charge >= 0.3 is 11.9 Å². The molecule has 0 N–H and O–H groups in total. The number of carbonyl (C=O) groups excluding carboxylic acids is 3. The van der Waals surface area contributed by atoms with Crippen LogP contribution in [0.3, 0.4) is 0 Å². The SMILES string of the molecule is C=C(C)C(C(=O)OC1OC(=O)c2ccccc21)N1C(=O)CC1SSc1nc2ccccc2s1. The maximum Gasteiger partial charge on any atom is 0.342 e. The number of ether oxygens (including phenoxy) is 2. The average Bonchev–Trinajstić information content (AvgIpc) is 3.35. The van der Waals surface area contributed by atoms with Gasteiger partial charge in [0, 0.05) is 5.56 Å². The molecule has 2 aliphatic rings. The molecule has 3 heterocycles. The Morgan fingerprint density at radius 1 is 1.24 bits per heavy atom. The Bertz CT molecular complexity index is 1260. The molecule has 5 rings (SSSR count). The molecule has 33 heavy (non-hydrogen) atoms. The van der Waals surface area contributed by atoms with Gasteiger partial charge in [0.05, 0.1) is 27.6 Å². The van der Waals surface area contributed by atoms with Crippen molar-refractivity contribution in [2.75, 3.05) is 0 Å². The van der Waals surface area contributed by atoms with Gasteiger partial charge in [0.15, 0.2) is 10.4 Å². The number of rotatable bonds is 7. The molecule has 2 aliphatic heterocycles. The van der Waals surface area contributed by atoms with Gasteiger partial charge in [-0.05, 0) is 41.5 Å². The lowest BCUT2D eigenvalue weighted by Gasteiger charge is -2.43. The Labute approximate surface area is 201 Å². The number of aromatic nitrogens is 1. The molecule has 1 amide bonds. The predicted octanol–water partition coefficient (Wildman–Crippen LogP) is 4.95. The Balaban J connectivity index is 1.28. The summed E-state index contributed by atoms with van der Waals surface area (Å²) in [6.07, 6.45) is -0.830. The van der Waals surface area contributed by atoms with Crippen molar-refractivity contribution in [3.63, 3.8) is 0 Å². The van der Waals surface area contributed by atoms with Gasteiger partial charge in [-0.2, -0.15) is 0 Å². The summed E-state index contributed by atoms with van der Waals surface area (Å²) in [5, 5.41) is -0.234. The monoisotopic (exact) mass is 498 g/mol. The van der Waals surface area contributed by atoms with Crippen LogP contribution in [0.4, 0.5) is 0 Å². The molecule has 1 fully saturated rings. The van der Waals surface area contributed by atoms with E-state index >= 15 is 0 Å². The molecule has 2 aromatic carbocycles. The van der Waals surface area contributed by atoms with Crippen LogP contribution >= 0.6 is 32.9 Å². The Hall–Kier alpha value is -2.82. The van der Waals surface area contributed by atoms with Gasteiger partial charge in [0.1, 0.15) is 0 Å². The van der Waals surface area contributed by atoms with E-state index in [0.29, 0.717) is 23.1 Å². The summed E-state index contributed by atoms with van der Waals surface area (Å²) in [6, 6.07) is 13.7. The smallest absolute Gasteiger partial charge is 0.342 e. The Kier molecular flexibility index (Phi) is 5.90. The van der Waals surface area contributed by atoms with Gasteiger partial charge in [-0.1, -0.05) is 47.7 Å². The second-order valence-corrected chi connectivity index (χ2v) is 11.3. The maximum absolute atomic E-state index is 13.1. The largest absolute Gasteiger partial charge is 0.419 e. The van der Waals surface area contributed by atoms with E-state index in [2.05, 4.69) is 11.6 Å². The highest BCUT2D eigenvalue weighted by Gasteiger charge is 2.47. The Morgan fingerprint density at radius 3 is 2.76 bits per heavy atom. The fourth-order valence-corrected chi connectivity index (χ4v) is 7.51. The second-order valence-electron chi connectivity index (χ2n) is 7.60. The van der Waals surface area contributed by atoms with Crippen molar-refractivity contribution < 1.29 is 23.9 Å². The number of cyclic esters (lactones) is 1. The summed E-state index contributed by atoms with van der Waals surface area (Å²) in [5.41, 5.74) is 2.26. The minimum atomic E-state index is -1.14. The molecule has 1 aromatic heterocycles. The number of amides is 1. The lowest BCUT2D eigenvalue weighted by Crippen LogP contribution is -2.59. The van der Waals surface area contributed by atoms with E-state index in [0.717, 1.165) is 14.6 Å². The van der Waals surface area contributed by atoms with Gasteiger partial charge < -0.3 is 14.4 Å². The quantitative estimate of drug-likeness (QED) is 0.196. The molecule has 3 unspecified atom stereocenters. The van der Waals surface area contributed by atoms with Crippen molar-refractivity contribution in [2.45, 2.75) is 35.4 Å². The van der Waals surface area contributed by atoms with E-state index in [9.17, 15) is 14.4 Å². The Morgan fingerprint density at radius 2 is 2.00 bits per heavy atom. The zero-order chi connectivity index (χ0) is 23.1. The zero-order valence-electron chi connectivity index (χ0n) is 17.4. The fourth-order valence-electron chi connectivity index (χ4n) is 3.70. The normalized spacial score (nSPS) is 20.2. The molecule has 7 nitrogen and oxygen atoms in total. The van der Waals surface area contributed by atoms with Gasteiger partial charge in [0.2, 0.25) is 5.91 Å². The second kappa shape index (κ2) is 8.85. The van der Waals surface area contributed by atoms with E-state index in [4.69, 9.17) is 9.47 Å². The fraction of sp³-hybridized carbons (Fsp3) is 0.217. The molecule has 3 aromatic rings. The standard InChI is InChI=1S/C23H18N2O5S3/c1-12(2)19(21(28)30-22-14-8-4-3-7-13(14)20(27)29-22)25-17(26)11-18(25)32-33-23-24-15-9-5-6-10-16(15)31-23/h3-10,18-19,22H,1,11H2,2H3. The van der Waals surface area contributed by atoms with Crippen molar-refractivity contribution in [3.8, 4) is 0 Å². The number of fused-ring (bicyclic) bond motifs is 2. The van der Waals surface area contributed by atoms with Crippen LogP contribution in [0.2, 0.25) is 0 Å². The van der Waals surface area contributed by atoms with Crippen LogP contribution in [-0.2, 0) is 19.1 Å². The third-order valence-electron chi connectivity index (χ3n) is 5.29. The van der Waals surface area contributed by atoms with E-state index in [-0.39, 0.29) is 11.3 Å². The zero-order valence-corrected chi connectivity index (χ0v) is 19.9. The molecule has 0 saturated carbocycles. The van der Waals surface area contributed by atoms with Crippen molar-refractivity contribution in [1.82, 2.24) is 9.88 Å². The van der Waals surface area contributed by atoms with E-state index in [1.54, 1.807) is 42.5 Å². The predicted molar refractivity (Wildman–Crippen MR) is 128 cm³/mol. The van der Waals surface area contributed by atoms with Crippen LogP contribution in [0.5, 0.6) is 0 Å². The molecule has 0 bridgehead atoms. The molecule has 168 valence electrons. The summed E-state index contributed by atoms with van der Waals surface area (Å²) in [7, 11) is 2.95. The average molecular weight is 499 g/mol. The number of benzene rings is 2. The molecular weight excluding hydrogens is 480 g/mol. The first-order valence-corrected chi connectivity index (χ1v) is 13.1. The van der Waals surface area contributed by atoms with Crippen LogP contribution in [0, 0.1) is 0 Å². The number of hydrogen-bond donors (Lipinski definition) is 0. The van der Waals surface area contributed by atoms with Gasteiger partial charge in [-0.15, -0.1) is 11.3 Å². The molecule has 10 heteroatoms. The molecule has 0 aliphatic carbocycles. The summed E-state index contributed by atoms with van der Waals surface area (Å²) >= 11 is 1.58. The minimum absolute atomic E-state index is 0.161. The summed E-state index contributed by atoms with van der Waals surface area (Å²) < 4.78 is 12.7. The summed E-state index contributed by atoms with van der Waals surface area (Å²) in [5.74, 6) is -1.39. The van der Waals surface area contributed by atoms with Crippen molar-refractivity contribution >= 4 is 61.0 Å². The number of hydrogen-bond acceptors (Lipinski definition) is 9. The van der Waals surface area contributed by atoms with Crippen LogP contribution in [0.25, 0.3) is 10.2 Å². The third kappa shape index (κ3) is 4.14. The maximum atomic E-state index is 13.1. The van der Waals surface area contributed by atoms with Crippen LogP contribution in [0.1, 0.15) is 35.6 Å². The third-order valence-corrected chi connectivity index (χ3v) is 9.31. The number of esters is 2. The van der Waals surface area contributed by atoms with Crippen molar-refractivity contribution in [3.05, 3.63) is 71.8 Å². The summed E-state index contributed by atoms with van der Waals surface area (Å²) in [6.45, 7) is 5.58. The lowest BCUT2D eigenvalue weighted by atomic mass is 10.0. The first-order valence-electron chi connectivity index (χ1n) is 10.1. The van der Waals surface area contributed by atoms with E-state index < -0.39 is 24.3 Å². The highest BCUT2D eigenvalue weighted by Crippen LogP contribution is 2.45. The molecular formula is C23H18N2O5S3. The topological polar surface area (TPSA) is 85.8 Å². The number of likely N-dealkylation sites (tertiary alicyclic amines) is 1. The van der Waals surface area contributed by atoms with Crippen LogP contribution in [-0.4, -0.2) is 39.1 Å². The molecule has 0 radical (unpaired) electrons. The number of thiazole rings is 1. The number of β-lactam (4-membered cyclic amide) rings is 1. The van der Waals surface area contributed by atoms with E-state index in [1.807, 2.05) is 24.3 Å². The van der Waals surface area contributed by atoms with Gasteiger partial charge in [-0.3, -0.25) is 4.79 Å². The highest BCUT2D eigenvalue weighted by molar-refractivity contribution is 8.77. The van der Waals surface area contributed by atoms with Crippen molar-refractivity contribution in [2.24, 2.45) is 0 Å².